The third-order valence-corrected chi connectivity index (χ3v) is 5.60. The van der Waals surface area contributed by atoms with Crippen LogP contribution in [0, 0.1) is 13.8 Å². The van der Waals surface area contributed by atoms with E-state index in [4.69, 9.17) is 4.74 Å². The lowest BCUT2D eigenvalue weighted by molar-refractivity contribution is 0.0497. The Hall–Kier alpha value is -2.95. The molecule has 1 heterocycles. The molecule has 3 rings (SSSR count). The van der Waals surface area contributed by atoms with E-state index < -0.39 is 11.9 Å². The van der Waals surface area contributed by atoms with E-state index >= 15 is 0 Å². The molecule has 0 saturated heterocycles. The number of hydrogen-bond donors (Lipinski definition) is 0. The number of aryl methyl sites for hydroxylation is 2. The molecular weight excluding hydrogens is 378 g/mol. The van der Waals surface area contributed by atoms with Crippen molar-refractivity contribution in [2.75, 3.05) is 11.5 Å². The number of anilines is 1. The smallest absolute Gasteiger partial charge is 0.338 e. The van der Waals surface area contributed by atoms with Crippen LogP contribution in [0.15, 0.2) is 36.4 Å². The Morgan fingerprint density at radius 2 is 1.53 bits per heavy atom. The molecule has 2 aromatic rings. The van der Waals surface area contributed by atoms with E-state index in [-0.39, 0.29) is 11.5 Å². The van der Waals surface area contributed by atoms with E-state index in [1.807, 2.05) is 26.0 Å². The quantitative estimate of drug-likeness (QED) is 0.307. The van der Waals surface area contributed by atoms with Crippen molar-refractivity contribution in [1.82, 2.24) is 0 Å². The van der Waals surface area contributed by atoms with Crippen LogP contribution in [0.1, 0.15) is 87.6 Å². The fraction of sp³-hybridized carbons (Fsp3) is 0.400. The number of rotatable bonds is 9. The average molecular weight is 408 g/mol. The molecule has 1 aliphatic rings. The fourth-order valence-electron chi connectivity index (χ4n) is 3.60. The van der Waals surface area contributed by atoms with Gasteiger partial charge in [-0.25, -0.2) is 9.69 Å². The molecule has 2 aromatic carbocycles. The molecule has 0 spiro atoms. The zero-order valence-electron chi connectivity index (χ0n) is 18.0. The normalized spacial score (nSPS) is 13.0. The van der Waals surface area contributed by atoms with Gasteiger partial charge >= 0.3 is 5.97 Å². The number of unbranched alkanes of at least 4 members (excludes halogenated alkanes) is 5. The van der Waals surface area contributed by atoms with Gasteiger partial charge in [-0.1, -0.05) is 45.1 Å². The number of esters is 1. The molecule has 158 valence electrons. The van der Waals surface area contributed by atoms with Crippen LogP contribution in [0.25, 0.3) is 0 Å². The lowest BCUT2D eigenvalue weighted by Gasteiger charge is -2.15. The lowest BCUT2D eigenvalue weighted by atomic mass is 10.1. The molecular formula is C25H29NO4. The fourth-order valence-corrected chi connectivity index (χ4v) is 3.60. The minimum absolute atomic E-state index is 0.243. The Bertz CT molecular complexity index is 964. The van der Waals surface area contributed by atoms with Gasteiger partial charge < -0.3 is 4.74 Å². The van der Waals surface area contributed by atoms with Crippen LogP contribution >= 0.6 is 0 Å². The second kappa shape index (κ2) is 9.70. The Morgan fingerprint density at radius 3 is 2.27 bits per heavy atom. The van der Waals surface area contributed by atoms with Gasteiger partial charge in [-0.3, -0.25) is 9.59 Å². The van der Waals surface area contributed by atoms with Crippen molar-refractivity contribution >= 4 is 23.5 Å². The van der Waals surface area contributed by atoms with Gasteiger partial charge in [0, 0.05) is 0 Å². The predicted octanol–water partition coefficient (Wildman–Crippen LogP) is 5.62. The first-order valence-corrected chi connectivity index (χ1v) is 10.7. The summed E-state index contributed by atoms with van der Waals surface area (Å²) in [4.78, 5) is 39.2. The number of imide groups is 1. The summed E-state index contributed by atoms with van der Waals surface area (Å²) in [5.41, 5.74) is 3.48. The van der Waals surface area contributed by atoms with Gasteiger partial charge in [0.25, 0.3) is 11.8 Å². The average Bonchev–Trinajstić information content (AvgIpc) is 2.99. The summed E-state index contributed by atoms with van der Waals surface area (Å²) in [6.45, 7) is 6.46. The number of nitrogens with zero attached hydrogens (tertiary/aromatic N) is 1. The van der Waals surface area contributed by atoms with E-state index in [0.29, 0.717) is 23.4 Å². The summed E-state index contributed by atoms with van der Waals surface area (Å²) in [5, 5.41) is 0. The molecule has 0 N–H and O–H groups in total. The van der Waals surface area contributed by atoms with Crippen molar-refractivity contribution < 1.29 is 19.1 Å². The van der Waals surface area contributed by atoms with Crippen LogP contribution in [-0.2, 0) is 4.74 Å². The highest BCUT2D eigenvalue weighted by atomic mass is 16.5. The number of carbonyl (C=O) groups excluding carboxylic acids is 3. The van der Waals surface area contributed by atoms with Gasteiger partial charge in [-0.15, -0.1) is 0 Å². The predicted molar refractivity (Wildman–Crippen MR) is 117 cm³/mol. The molecule has 0 fully saturated rings. The second-order valence-electron chi connectivity index (χ2n) is 7.88. The van der Waals surface area contributed by atoms with Crippen molar-refractivity contribution in [2.24, 2.45) is 0 Å². The van der Waals surface area contributed by atoms with Gasteiger partial charge in [0.1, 0.15) is 0 Å². The highest BCUT2D eigenvalue weighted by molar-refractivity contribution is 6.34. The number of carbonyl (C=O) groups is 3. The van der Waals surface area contributed by atoms with E-state index in [0.717, 1.165) is 30.4 Å². The maximum absolute atomic E-state index is 12.9. The SMILES string of the molecule is CCCCCCCCOC(=O)c1ccc2c(c1)C(=O)N(c1ccc(C)c(C)c1)C2=O. The minimum Gasteiger partial charge on any atom is -0.462 e. The molecule has 2 amide bonds. The molecule has 0 radical (unpaired) electrons. The Labute approximate surface area is 178 Å². The molecule has 30 heavy (non-hydrogen) atoms. The number of fused-ring (bicyclic) bond motifs is 1. The van der Waals surface area contributed by atoms with Crippen molar-refractivity contribution in [3.63, 3.8) is 0 Å². The molecule has 0 saturated carbocycles. The zero-order chi connectivity index (χ0) is 21.7. The number of ether oxygens (including phenoxy) is 1. The summed E-state index contributed by atoms with van der Waals surface area (Å²) in [6.07, 6.45) is 6.67. The molecule has 1 aliphatic heterocycles. The summed E-state index contributed by atoms with van der Waals surface area (Å²) in [7, 11) is 0. The van der Waals surface area contributed by atoms with E-state index in [9.17, 15) is 14.4 Å². The first-order valence-electron chi connectivity index (χ1n) is 10.7. The molecule has 0 unspecified atom stereocenters. The van der Waals surface area contributed by atoms with E-state index in [1.54, 1.807) is 12.1 Å². The van der Waals surface area contributed by atoms with E-state index in [1.165, 1.54) is 36.3 Å². The van der Waals surface area contributed by atoms with Crippen LogP contribution in [-0.4, -0.2) is 24.4 Å². The van der Waals surface area contributed by atoms with Gasteiger partial charge in [-0.2, -0.15) is 0 Å². The number of amides is 2. The summed E-state index contributed by atoms with van der Waals surface area (Å²) in [5.74, 6) is -1.25. The lowest BCUT2D eigenvalue weighted by Crippen LogP contribution is -2.29. The van der Waals surface area contributed by atoms with Crippen molar-refractivity contribution in [3.8, 4) is 0 Å². The largest absolute Gasteiger partial charge is 0.462 e. The first-order chi connectivity index (χ1) is 14.4. The molecule has 0 aliphatic carbocycles. The Morgan fingerprint density at radius 1 is 0.833 bits per heavy atom. The summed E-state index contributed by atoms with van der Waals surface area (Å²) in [6, 6.07) is 10.0. The molecule has 0 bridgehead atoms. The highest BCUT2D eigenvalue weighted by Crippen LogP contribution is 2.30. The Balaban J connectivity index is 1.66. The third-order valence-electron chi connectivity index (χ3n) is 5.60. The summed E-state index contributed by atoms with van der Waals surface area (Å²) >= 11 is 0. The van der Waals surface area contributed by atoms with Crippen molar-refractivity contribution in [1.29, 1.82) is 0 Å². The van der Waals surface area contributed by atoms with Gasteiger partial charge in [-0.05, 0) is 61.7 Å². The molecule has 5 nitrogen and oxygen atoms in total. The second-order valence-corrected chi connectivity index (χ2v) is 7.88. The van der Waals surface area contributed by atoms with Crippen LogP contribution in [0.3, 0.4) is 0 Å². The maximum Gasteiger partial charge on any atom is 0.338 e. The van der Waals surface area contributed by atoms with Crippen molar-refractivity contribution in [2.45, 2.75) is 59.3 Å². The standard InChI is InChI=1S/C25H29NO4/c1-4-5-6-7-8-9-14-30-25(29)19-11-13-21-22(16-19)24(28)26(23(21)27)20-12-10-17(2)18(3)15-20/h10-13,15-16H,4-9,14H2,1-3H3. The monoisotopic (exact) mass is 407 g/mol. The zero-order valence-corrected chi connectivity index (χ0v) is 18.0. The topological polar surface area (TPSA) is 63.7 Å². The Kier molecular flexibility index (Phi) is 7.03. The number of benzene rings is 2. The third kappa shape index (κ3) is 4.61. The van der Waals surface area contributed by atoms with Gasteiger partial charge in [0.15, 0.2) is 0 Å². The molecule has 0 aromatic heterocycles. The van der Waals surface area contributed by atoms with Gasteiger partial charge in [0.2, 0.25) is 0 Å². The van der Waals surface area contributed by atoms with Crippen LogP contribution < -0.4 is 4.90 Å². The van der Waals surface area contributed by atoms with Crippen LogP contribution in [0.5, 0.6) is 0 Å². The highest BCUT2D eigenvalue weighted by Gasteiger charge is 2.37. The first kappa shape index (κ1) is 21.8. The molecule has 0 atom stereocenters. The minimum atomic E-state index is -0.462. The van der Waals surface area contributed by atoms with Crippen molar-refractivity contribution in [3.05, 3.63) is 64.2 Å². The number of hydrogen-bond acceptors (Lipinski definition) is 4. The molecule has 5 heteroatoms. The van der Waals surface area contributed by atoms with Crippen LogP contribution in [0.2, 0.25) is 0 Å². The van der Waals surface area contributed by atoms with Crippen LogP contribution in [0.4, 0.5) is 5.69 Å². The maximum atomic E-state index is 12.9. The van der Waals surface area contributed by atoms with Gasteiger partial charge in [0.05, 0.1) is 29.0 Å². The summed E-state index contributed by atoms with van der Waals surface area (Å²) < 4.78 is 5.35. The van der Waals surface area contributed by atoms with E-state index in [2.05, 4.69) is 6.92 Å².